The quantitative estimate of drug-likeness (QED) is 0.329. The van der Waals surface area contributed by atoms with Gasteiger partial charge in [-0.2, -0.15) is 10.5 Å². The van der Waals surface area contributed by atoms with Gasteiger partial charge in [-0.3, -0.25) is 9.59 Å². The van der Waals surface area contributed by atoms with Crippen molar-refractivity contribution in [3.63, 3.8) is 0 Å². The Bertz CT molecular complexity index is 952. The van der Waals surface area contributed by atoms with Crippen LogP contribution in [0.15, 0.2) is 24.3 Å². The maximum atomic E-state index is 13.4. The van der Waals surface area contributed by atoms with Crippen LogP contribution in [0.2, 0.25) is 0 Å². The summed E-state index contributed by atoms with van der Waals surface area (Å²) in [7, 11) is 0.141. The second-order valence-electron chi connectivity index (χ2n) is 11.9. The molecule has 1 aromatic carbocycles. The molecule has 0 spiro atoms. The summed E-state index contributed by atoms with van der Waals surface area (Å²) in [6.07, 6.45) is 7.08. The van der Waals surface area contributed by atoms with Gasteiger partial charge in [-0.05, 0) is 93.2 Å². The lowest BCUT2D eigenvalue weighted by atomic mass is 9.64. The lowest BCUT2D eigenvalue weighted by Crippen LogP contribution is -2.48. The number of carbonyl (C=O) groups excluding carboxylic acids is 2. The number of hydrogen-bond donors (Lipinski definition) is 0. The van der Waals surface area contributed by atoms with Crippen molar-refractivity contribution >= 4 is 27.6 Å². The van der Waals surface area contributed by atoms with Crippen LogP contribution >= 0.6 is 10.5 Å². The number of ketones is 1. The minimum atomic E-state index is -0.512. The van der Waals surface area contributed by atoms with E-state index >= 15 is 0 Å². The Hall–Kier alpha value is -1.42. The van der Waals surface area contributed by atoms with Crippen molar-refractivity contribution in [2.45, 2.75) is 83.6 Å². The van der Waals surface area contributed by atoms with Crippen molar-refractivity contribution in [3.8, 4) is 5.75 Å². The largest absolute Gasteiger partial charge is 0.426 e. The predicted molar refractivity (Wildman–Crippen MR) is 128 cm³/mol. The molecule has 1 heterocycles. The molecule has 4 unspecified atom stereocenters. The zero-order chi connectivity index (χ0) is 22.2. The Morgan fingerprint density at radius 3 is 2.42 bits per heavy atom. The van der Waals surface area contributed by atoms with Gasteiger partial charge in [0, 0.05) is 22.3 Å². The van der Waals surface area contributed by atoms with Crippen LogP contribution in [-0.2, 0) is 9.59 Å². The molecule has 168 valence electrons. The Kier molecular flexibility index (Phi) is 4.86. The molecule has 5 rings (SSSR count). The van der Waals surface area contributed by atoms with E-state index in [1.807, 2.05) is 32.9 Å². The highest BCUT2D eigenvalue weighted by Gasteiger charge is 2.70. The topological polar surface area (TPSA) is 43.4 Å². The normalized spacial score (nSPS) is 38.2. The third kappa shape index (κ3) is 3.11. The maximum Gasteiger partial charge on any atom is 0.316 e. The number of ether oxygens (including phenoxy) is 1. The van der Waals surface area contributed by atoms with Crippen molar-refractivity contribution in [1.82, 2.24) is 0 Å². The summed E-state index contributed by atoms with van der Waals surface area (Å²) in [5.74, 6) is 2.27. The molecular formula is C27H36O3S. The third-order valence-electron chi connectivity index (χ3n) is 8.98. The molecule has 1 aliphatic heterocycles. The van der Waals surface area contributed by atoms with Gasteiger partial charge in [0.1, 0.15) is 11.5 Å². The average Bonchev–Trinajstić information content (AvgIpc) is 3.40. The molecule has 3 aliphatic carbocycles. The Morgan fingerprint density at radius 1 is 1.13 bits per heavy atom. The average molecular weight is 441 g/mol. The van der Waals surface area contributed by atoms with Gasteiger partial charge in [0.05, 0.1) is 5.41 Å². The molecule has 31 heavy (non-hydrogen) atoms. The summed E-state index contributed by atoms with van der Waals surface area (Å²) in [5.41, 5.74) is 0.732. The van der Waals surface area contributed by atoms with Gasteiger partial charge in [-0.25, -0.2) is 0 Å². The first-order chi connectivity index (χ1) is 14.5. The number of rotatable bonds is 3. The molecule has 4 aliphatic rings. The molecule has 4 fully saturated rings. The van der Waals surface area contributed by atoms with Crippen LogP contribution in [0.1, 0.15) is 78.7 Å². The van der Waals surface area contributed by atoms with Gasteiger partial charge in [-0.1, -0.05) is 26.0 Å². The number of carbonyl (C=O) groups is 2. The van der Waals surface area contributed by atoms with E-state index in [2.05, 4.69) is 31.3 Å². The Morgan fingerprint density at radius 2 is 1.84 bits per heavy atom. The molecule has 0 N–H and O–H groups in total. The highest BCUT2D eigenvalue weighted by Crippen LogP contribution is 2.73. The molecule has 6 atom stereocenters. The highest BCUT2D eigenvalue weighted by atomic mass is 32.2. The molecule has 3 nitrogen and oxygen atoms in total. The van der Waals surface area contributed by atoms with E-state index < -0.39 is 5.41 Å². The van der Waals surface area contributed by atoms with Gasteiger partial charge in [0.25, 0.3) is 0 Å². The van der Waals surface area contributed by atoms with Crippen molar-refractivity contribution in [1.29, 1.82) is 0 Å². The first kappa shape index (κ1) is 21.4. The molecule has 3 saturated carbocycles. The number of hydrogen-bond acceptors (Lipinski definition) is 3. The molecule has 1 saturated heterocycles. The number of esters is 1. The maximum absolute atomic E-state index is 13.4. The van der Waals surface area contributed by atoms with Crippen molar-refractivity contribution in [2.75, 3.05) is 0 Å². The fourth-order valence-electron chi connectivity index (χ4n) is 7.14. The van der Waals surface area contributed by atoms with Crippen LogP contribution in [0, 0.1) is 28.1 Å². The van der Waals surface area contributed by atoms with E-state index in [0.29, 0.717) is 22.7 Å². The zero-order valence-corrected chi connectivity index (χ0v) is 20.4. The van der Waals surface area contributed by atoms with E-state index in [-0.39, 0.29) is 27.3 Å². The fourth-order valence-corrected chi connectivity index (χ4v) is 11.0. The van der Waals surface area contributed by atoms with E-state index in [1.165, 1.54) is 31.2 Å². The van der Waals surface area contributed by atoms with Gasteiger partial charge in [0.2, 0.25) is 0 Å². The SMILES string of the molecule is CC(C)(C)C(=O)Oc1ccc(C=S2C3CCC(C3)C2[C@@]23CC[C@@H](CC2=O)C3(C)C)cc1. The molecule has 4 heteroatoms. The lowest BCUT2D eigenvalue weighted by Gasteiger charge is -2.46. The fraction of sp³-hybridized carbons (Fsp3) is 0.667. The third-order valence-corrected chi connectivity index (χ3v) is 12.1. The van der Waals surface area contributed by atoms with Crippen LogP contribution < -0.4 is 4.74 Å². The standard InChI is InChI=1S/C27H36O3S/c1-25(2,3)24(29)30-20-9-6-17(7-10-20)16-31-21-11-8-18(14-21)23(31)27-13-12-19(15-22(27)28)26(27,4)5/h6-7,9-10,16,18-19,21,23H,8,11-15H2,1-5H3/t18?,19-,21?,23?,27+,31?/m0/s1. The van der Waals surface area contributed by atoms with E-state index in [0.717, 1.165) is 24.0 Å². The second kappa shape index (κ2) is 7.04. The van der Waals surface area contributed by atoms with Crippen LogP contribution in [0.3, 0.4) is 0 Å². The van der Waals surface area contributed by atoms with Crippen LogP contribution in [0.25, 0.3) is 0 Å². The molecule has 0 amide bonds. The molecule has 0 radical (unpaired) electrons. The molecule has 1 aromatic rings. The highest BCUT2D eigenvalue weighted by molar-refractivity contribution is 8.16. The van der Waals surface area contributed by atoms with Gasteiger partial charge in [0.15, 0.2) is 0 Å². The van der Waals surface area contributed by atoms with Gasteiger partial charge in [-0.15, -0.1) is 0 Å². The first-order valence-corrected chi connectivity index (χ1v) is 13.4. The minimum Gasteiger partial charge on any atom is -0.426 e. The zero-order valence-electron chi connectivity index (χ0n) is 19.6. The summed E-state index contributed by atoms with van der Waals surface area (Å²) in [6, 6.07) is 7.99. The van der Waals surface area contributed by atoms with Crippen LogP contribution in [0.5, 0.6) is 5.75 Å². The van der Waals surface area contributed by atoms with E-state index in [1.54, 1.807) is 0 Å². The van der Waals surface area contributed by atoms with E-state index in [9.17, 15) is 9.59 Å². The summed E-state index contributed by atoms with van der Waals surface area (Å²) < 4.78 is 5.54. The Balaban J connectivity index is 1.45. The molecule has 4 bridgehead atoms. The second-order valence-corrected chi connectivity index (χ2v) is 14.1. The van der Waals surface area contributed by atoms with Crippen molar-refractivity contribution in [3.05, 3.63) is 29.8 Å². The van der Waals surface area contributed by atoms with E-state index in [4.69, 9.17) is 4.74 Å². The number of benzene rings is 1. The van der Waals surface area contributed by atoms with Crippen LogP contribution in [0.4, 0.5) is 0 Å². The molecule has 0 aromatic heterocycles. The van der Waals surface area contributed by atoms with Crippen molar-refractivity contribution in [2.24, 2.45) is 28.1 Å². The summed E-state index contributed by atoms with van der Waals surface area (Å²) in [4.78, 5) is 25.6. The summed E-state index contributed by atoms with van der Waals surface area (Å²) >= 11 is 0. The summed E-state index contributed by atoms with van der Waals surface area (Å²) in [6.45, 7) is 10.4. The smallest absolute Gasteiger partial charge is 0.316 e. The van der Waals surface area contributed by atoms with Gasteiger partial charge < -0.3 is 4.74 Å². The number of fused-ring (bicyclic) bond motifs is 4. The van der Waals surface area contributed by atoms with Crippen LogP contribution in [-0.4, -0.2) is 27.6 Å². The summed E-state index contributed by atoms with van der Waals surface area (Å²) in [5, 5.41) is 3.75. The van der Waals surface area contributed by atoms with Gasteiger partial charge >= 0.3 is 5.97 Å². The Labute approximate surface area is 189 Å². The first-order valence-electron chi connectivity index (χ1n) is 12.0. The minimum absolute atomic E-state index is 0.0979. The predicted octanol–water partition coefficient (Wildman–Crippen LogP) is 6.00. The molecular weight excluding hydrogens is 404 g/mol. The lowest BCUT2D eigenvalue weighted by molar-refractivity contribution is -0.143. The monoisotopic (exact) mass is 440 g/mol. The number of Topliss-reactive ketones (excluding diaryl/α,β-unsaturated/α-hetero) is 1. The van der Waals surface area contributed by atoms with Crippen molar-refractivity contribution < 1.29 is 14.3 Å².